The van der Waals surface area contributed by atoms with E-state index in [0.29, 0.717) is 0 Å². The highest BCUT2D eigenvalue weighted by molar-refractivity contribution is 5.96. The Bertz CT molecular complexity index is 1190. The van der Waals surface area contributed by atoms with Crippen molar-refractivity contribution in [3.05, 3.63) is 83.0 Å². The lowest BCUT2D eigenvalue weighted by atomic mass is 9.96. The summed E-state index contributed by atoms with van der Waals surface area (Å²) >= 11 is 0. The maximum atomic E-state index is 13.1. The minimum atomic E-state index is 0.0266. The molecule has 2 fully saturated rings. The zero-order valence-electron chi connectivity index (χ0n) is 22.5. The monoisotopic (exact) mass is 496 g/mol. The number of hydrogen-bond acceptors (Lipinski definition) is 4. The number of carbonyl (C=O) groups excluding carboxylic acids is 1. The lowest BCUT2D eigenvalue weighted by Crippen LogP contribution is -2.44. The van der Waals surface area contributed by atoms with Crippen LogP contribution in [0.4, 0.5) is 5.82 Å². The molecule has 3 aromatic rings. The summed E-state index contributed by atoms with van der Waals surface area (Å²) in [5, 5.41) is 3.29. The Balaban J connectivity index is 1.12. The van der Waals surface area contributed by atoms with Crippen LogP contribution in [-0.4, -0.2) is 48.0 Å². The van der Waals surface area contributed by atoms with Gasteiger partial charge in [0, 0.05) is 50.5 Å². The lowest BCUT2D eigenvalue weighted by Gasteiger charge is -2.33. The summed E-state index contributed by atoms with van der Waals surface area (Å²) in [6, 6.07) is 19.2. The molecule has 0 aliphatic carbocycles. The summed E-state index contributed by atoms with van der Waals surface area (Å²) < 4.78 is 0. The third-order valence-corrected chi connectivity index (χ3v) is 8.11. The molecular weight excluding hydrogens is 456 g/mol. The molecule has 5 nitrogen and oxygen atoms in total. The van der Waals surface area contributed by atoms with Gasteiger partial charge in [-0.15, -0.1) is 0 Å². The molecule has 2 aliphatic heterocycles. The molecule has 3 heterocycles. The van der Waals surface area contributed by atoms with Crippen molar-refractivity contribution in [3.8, 4) is 11.1 Å². The Morgan fingerprint density at radius 3 is 2.32 bits per heavy atom. The van der Waals surface area contributed by atoms with Gasteiger partial charge >= 0.3 is 0 Å². The molecule has 0 saturated carbocycles. The average Bonchev–Trinajstić information content (AvgIpc) is 2.91. The number of rotatable bonds is 6. The summed E-state index contributed by atoms with van der Waals surface area (Å²) in [5.74, 6) is 1.97. The molecule has 1 amide bonds. The van der Waals surface area contributed by atoms with Crippen LogP contribution >= 0.6 is 0 Å². The predicted octanol–water partition coefficient (Wildman–Crippen LogP) is 6.00. The molecule has 2 aromatic carbocycles. The van der Waals surface area contributed by atoms with Gasteiger partial charge in [-0.3, -0.25) is 9.69 Å². The van der Waals surface area contributed by atoms with Crippen LogP contribution in [0.3, 0.4) is 0 Å². The summed E-state index contributed by atoms with van der Waals surface area (Å²) in [4.78, 5) is 22.7. The zero-order valence-corrected chi connectivity index (χ0v) is 22.5. The number of nitrogens with zero attached hydrogens (tertiary/aromatic N) is 3. The average molecular weight is 497 g/mol. The Morgan fingerprint density at radius 1 is 0.919 bits per heavy atom. The van der Waals surface area contributed by atoms with Crippen molar-refractivity contribution in [1.29, 1.82) is 0 Å². The highest BCUT2D eigenvalue weighted by atomic mass is 16.1. The molecule has 1 N–H and O–H groups in total. The molecule has 0 unspecified atom stereocenters. The highest BCUT2D eigenvalue weighted by Crippen LogP contribution is 2.26. The largest absolute Gasteiger partial charge is 0.357 e. The van der Waals surface area contributed by atoms with Crippen molar-refractivity contribution in [1.82, 2.24) is 15.2 Å². The van der Waals surface area contributed by atoms with E-state index in [4.69, 9.17) is 4.98 Å². The quantitative estimate of drug-likeness (QED) is 0.455. The molecule has 5 rings (SSSR count). The van der Waals surface area contributed by atoms with E-state index < -0.39 is 0 Å². The lowest BCUT2D eigenvalue weighted by molar-refractivity contribution is 0.0909. The van der Waals surface area contributed by atoms with E-state index in [9.17, 15) is 4.79 Å². The number of likely N-dealkylation sites (tertiary alicyclic amines) is 1. The van der Waals surface area contributed by atoms with Crippen LogP contribution in [-0.2, 0) is 6.54 Å². The molecular formula is C32H40N4O. The molecule has 2 saturated heterocycles. The van der Waals surface area contributed by atoms with Crippen LogP contribution in [0.1, 0.15) is 59.7 Å². The van der Waals surface area contributed by atoms with Crippen molar-refractivity contribution in [3.63, 3.8) is 0 Å². The number of pyridine rings is 1. The van der Waals surface area contributed by atoms with E-state index in [0.717, 1.165) is 74.0 Å². The van der Waals surface area contributed by atoms with E-state index in [1.807, 2.05) is 18.3 Å². The number of amides is 1. The third-order valence-electron chi connectivity index (χ3n) is 8.11. The van der Waals surface area contributed by atoms with E-state index in [-0.39, 0.29) is 11.9 Å². The van der Waals surface area contributed by atoms with Gasteiger partial charge in [-0.1, -0.05) is 48.9 Å². The van der Waals surface area contributed by atoms with Crippen molar-refractivity contribution in [2.45, 2.75) is 59.0 Å². The summed E-state index contributed by atoms with van der Waals surface area (Å²) in [7, 11) is 0. The van der Waals surface area contributed by atoms with Crippen LogP contribution in [0.25, 0.3) is 11.1 Å². The number of hydrogen-bond donors (Lipinski definition) is 1. The minimum absolute atomic E-state index is 0.0266. The molecule has 37 heavy (non-hydrogen) atoms. The first kappa shape index (κ1) is 25.5. The van der Waals surface area contributed by atoms with Gasteiger partial charge in [-0.25, -0.2) is 4.98 Å². The van der Waals surface area contributed by atoms with Crippen molar-refractivity contribution < 1.29 is 4.79 Å². The second kappa shape index (κ2) is 11.5. The smallest absolute Gasteiger partial charge is 0.251 e. The molecule has 0 spiro atoms. The Kier molecular flexibility index (Phi) is 7.90. The summed E-state index contributed by atoms with van der Waals surface area (Å²) in [6.07, 6.45) is 6.50. The Labute approximate surface area is 221 Å². The topological polar surface area (TPSA) is 48.5 Å². The minimum Gasteiger partial charge on any atom is -0.357 e. The Hall–Kier alpha value is -3.18. The van der Waals surface area contributed by atoms with Crippen LogP contribution in [0, 0.1) is 19.8 Å². The fraction of sp³-hybridized carbons (Fsp3) is 0.438. The molecule has 1 aromatic heterocycles. The summed E-state index contributed by atoms with van der Waals surface area (Å²) in [6.45, 7) is 11.7. The first-order chi connectivity index (χ1) is 17.9. The number of piperidine rings is 2. The molecule has 194 valence electrons. The number of aryl methyl sites for hydroxylation is 2. The van der Waals surface area contributed by atoms with E-state index in [1.165, 1.54) is 29.5 Å². The van der Waals surface area contributed by atoms with E-state index in [1.54, 1.807) is 0 Å². The van der Waals surface area contributed by atoms with Crippen molar-refractivity contribution in [2.75, 3.05) is 31.1 Å². The number of anilines is 1. The van der Waals surface area contributed by atoms with Gasteiger partial charge in [-0.2, -0.15) is 0 Å². The van der Waals surface area contributed by atoms with Crippen LogP contribution in [0.15, 0.2) is 60.8 Å². The first-order valence-electron chi connectivity index (χ1n) is 13.9. The van der Waals surface area contributed by atoms with Gasteiger partial charge in [0.15, 0.2) is 0 Å². The predicted molar refractivity (Wildman–Crippen MR) is 152 cm³/mol. The standard InChI is InChI=1S/C32H40N4O/c1-23-4-8-27(9-5-23)30-20-28(10-6-25(30)3)32(37)34-29-14-16-35(17-15-29)22-26-7-11-31(33-21-26)36-18-12-24(2)13-19-36/h4-11,20-21,24,29H,12-19,22H2,1-3H3,(H,34,37). The molecule has 0 radical (unpaired) electrons. The van der Waals surface area contributed by atoms with Crippen LogP contribution in [0.2, 0.25) is 0 Å². The van der Waals surface area contributed by atoms with E-state index in [2.05, 4.69) is 78.4 Å². The number of carbonyl (C=O) groups is 1. The fourth-order valence-electron chi connectivity index (χ4n) is 5.50. The maximum absolute atomic E-state index is 13.1. The fourth-order valence-corrected chi connectivity index (χ4v) is 5.50. The van der Waals surface area contributed by atoms with Crippen molar-refractivity contribution >= 4 is 11.7 Å². The normalized spacial score (nSPS) is 17.6. The molecule has 0 atom stereocenters. The highest BCUT2D eigenvalue weighted by Gasteiger charge is 2.22. The molecule has 2 aliphatic rings. The van der Waals surface area contributed by atoms with Crippen LogP contribution < -0.4 is 10.2 Å². The zero-order chi connectivity index (χ0) is 25.8. The van der Waals surface area contributed by atoms with Gasteiger partial charge in [0.25, 0.3) is 5.91 Å². The first-order valence-corrected chi connectivity index (χ1v) is 13.9. The molecule has 0 bridgehead atoms. The van der Waals surface area contributed by atoms with Gasteiger partial charge in [-0.05, 0) is 85.9 Å². The summed E-state index contributed by atoms with van der Waals surface area (Å²) in [5.41, 5.74) is 6.69. The van der Waals surface area contributed by atoms with Gasteiger partial charge < -0.3 is 10.2 Å². The number of nitrogens with one attached hydrogen (secondary N) is 1. The van der Waals surface area contributed by atoms with Gasteiger partial charge in [0.1, 0.15) is 5.82 Å². The SMILES string of the molecule is Cc1ccc(-c2cc(C(=O)NC3CCN(Cc4ccc(N5CCC(C)CC5)nc4)CC3)ccc2C)cc1. The molecule has 5 heteroatoms. The second-order valence-electron chi connectivity index (χ2n) is 11.1. The van der Waals surface area contributed by atoms with Crippen molar-refractivity contribution in [2.24, 2.45) is 5.92 Å². The van der Waals surface area contributed by atoms with Crippen LogP contribution in [0.5, 0.6) is 0 Å². The number of benzene rings is 2. The second-order valence-corrected chi connectivity index (χ2v) is 11.1. The third kappa shape index (κ3) is 6.40. The van der Waals surface area contributed by atoms with Gasteiger partial charge in [0.2, 0.25) is 0 Å². The van der Waals surface area contributed by atoms with E-state index >= 15 is 0 Å². The number of aromatic nitrogens is 1. The Morgan fingerprint density at radius 2 is 1.65 bits per heavy atom. The van der Waals surface area contributed by atoms with Gasteiger partial charge in [0.05, 0.1) is 0 Å². The maximum Gasteiger partial charge on any atom is 0.251 e.